The summed E-state index contributed by atoms with van der Waals surface area (Å²) in [6.45, 7) is 5.69. The quantitative estimate of drug-likeness (QED) is 0.426. The van der Waals surface area contributed by atoms with E-state index in [-0.39, 0.29) is 11.3 Å². The number of carbonyl (C=O) groups is 1. The number of thiazole rings is 1. The fraction of sp³-hybridized carbons (Fsp3) is 0.364. The van der Waals surface area contributed by atoms with E-state index in [9.17, 15) is 14.9 Å². The molecule has 0 spiro atoms. The molecule has 5 rings (SSSR count). The summed E-state index contributed by atoms with van der Waals surface area (Å²) in [7, 11) is 0. The van der Waals surface area contributed by atoms with E-state index in [4.69, 9.17) is 14.2 Å². The predicted molar refractivity (Wildman–Crippen MR) is 123 cm³/mol. The van der Waals surface area contributed by atoms with E-state index in [2.05, 4.69) is 4.99 Å². The Morgan fingerprint density at radius 3 is 2.55 bits per heavy atom. The second-order valence-corrected chi connectivity index (χ2v) is 8.58. The van der Waals surface area contributed by atoms with Gasteiger partial charge in [0.1, 0.15) is 18.9 Å². The van der Waals surface area contributed by atoms with Crippen LogP contribution < -0.4 is 19.2 Å². The Balaban J connectivity index is 1.53. The molecule has 0 N–H and O–H groups in total. The molecular formula is C22H22N4O6S. The van der Waals surface area contributed by atoms with Gasteiger partial charge < -0.3 is 23.7 Å². The molecule has 0 bridgehead atoms. The Hall–Kier alpha value is -3.44. The molecule has 1 fully saturated rings. The van der Waals surface area contributed by atoms with Crippen LogP contribution >= 0.6 is 11.3 Å². The van der Waals surface area contributed by atoms with Gasteiger partial charge in [0.25, 0.3) is 11.6 Å². The fourth-order valence-electron chi connectivity index (χ4n) is 4.02. The minimum Gasteiger partial charge on any atom is -0.486 e. The van der Waals surface area contributed by atoms with Gasteiger partial charge in [0.05, 0.1) is 28.4 Å². The van der Waals surface area contributed by atoms with Gasteiger partial charge in [-0.1, -0.05) is 11.3 Å². The van der Waals surface area contributed by atoms with Gasteiger partial charge in [0.15, 0.2) is 16.3 Å². The summed E-state index contributed by atoms with van der Waals surface area (Å²) in [6.07, 6.45) is 0. The number of ether oxygens (including phenoxy) is 3. The normalized spacial score (nSPS) is 16.3. The Morgan fingerprint density at radius 2 is 1.85 bits per heavy atom. The molecule has 3 aromatic rings. The van der Waals surface area contributed by atoms with Crippen LogP contribution in [0.1, 0.15) is 17.3 Å². The number of amides is 1. The topological polar surface area (TPSA) is 108 Å². The van der Waals surface area contributed by atoms with Gasteiger partial charge >= 0.3 is 0 Å². The van der Waals surface area contributed by atoms with E-state index in [1.54, 1.807) is 12.1 Å². The average Bonchev–Trinajstić information content (AvgIpc) is 3.18. The molecule has 2 aromatic carbocycles. The van der Waals surface area contributed by atoms with Crippen LogP contribution in [0.2, 0.25) is 0 Å². The van der Waals surface area contributed by atoms with Crippen LogP contribution in [0, 0.1) is 10.1 Å². The number of anilines is 1. The van der Waals surface area contributed by atoms with Crippen LogP contribution in [-0.4, -0.2) is 54.9 Å². The molecule has 0 unspecified atom stereocenters. The molecule has 1 amide bonds. The van der Waals surface area contributed by atoms with E-state index in [1.807, 2.05) is 28.5 Å². The monoisotopic (exact) mass is 470 g/mol. The minimum absolute atomic E-state index is 0.111. The largest absolute Gasteiger partial charge is 0.486 e. The number of aryl methyl sites for hydroxylation is 1. The summed E-state index contributed by atoms with van der Waals surface area (Å²) >= 11 is 1.36. The molecule has 0 radical (unpaired) electrons. The zero-order valence-corrected chi connectivity index (χ0v) is 18.8. The number of nitro benzene ring substituents is 1. The number of nitrogens with zero attached hydrogens (tertiary/aromatic N) is 4. The van der Waals surface area contributed by atoms with Crippen LogP contribution in [0.25, 0.3) is 10.2 Å². The summed E-state index contributed by atoms with van der Waals surface area (Å²) in [5.74, 6) is 0.809. The summed E-state index contributed by atoms with van der Waals surface area (Å²) in [5.41, 5.74) is 1.44. The van der Waals surface area contributed by atoms with Crippen molar-refractivity contribution in [1.82, 2.24) is 4.57 Å². The lowest BCUT2D eigenvalue weighted by Gasteiger charge is -2.28. The molecule has 11 heteroatoms. The summed E-state index contributed by atoms with van der Waals surface area (Å²) in [4.78, 5) is 31.0. The van der Waals surface area contributed by atoms with E-state index in [1.165, 1.54) is 17.4 Å². The number of hydrogen-bond acceptors (Lipinski definition) is 8. The molecule has 2 aliphatic heterocycles. The van der Waals surface area contributed by atoms with Crippen molar-refractivity contribution in [3.8, 4) is 11.5 Å². The van der Waals surface area contributed by atoms with Gasteiger partial charge in [-0.05, 0) is 19.1 Å². The van der Waals surface area contributed by atoms with Gasteiger partial charge in [-0.2, -0.15) is 4.99 Å². The van der Waals surface area contributed by atoms with Gasteiger partial charge in [0.2, 0.25) is 0 Å². The number of fused-ring (bicyclic) bond motifs is 2. The van der Waals surface area contributed by atoms with Gasteiger partial charge in [-0.15, -0.1) is 0 Å². The van der Waals surface area contributed by atoms with Crippen molar-refractivity contribution in [2.75, 3.05) is 44.4 Å². The molecule has 3 heterocycles. The summed E-state index contributed by atoms with van der Waals surface area (Å²) in [6, 6.07) is 8.31. The number of benzene rings is 2. The lowest BCUT2D eigenvalue weighted by molar-refractivity contribution is -0.384. The predicted octanol–water partition coefficient (Wildman–Crippen LogP) is 2.98. The Bertz CT molecular complexity index is 1310. The fourth-order valence-corrected chi connectivity index (χ4v) is 5.13. The van der Waals surface area contributed by atoms with E-state index in [0.29, 0.717) is 68.0 Å². The van der Waals surface area contributed by atoms with Crippen molar-refractivity contribution < 1.29 is 23.9 Å². The molecule has 1 saturated heterocycles. The number of aromatic nitrogens is 1. The zero-order chi connectivity index (χ0) is 22.9. The van der Waals surface area contributed by atoms with Crippen LogP contribution in [0.4, 0.5) is 11.4 Å². The highest BCUT2D eigenvalue weighted by Crippen LogP contribution is 2.35. The first-order valence-electron chi connectivity index (χ1n) is 10.7. The maximum absolute atomic E-state index is 13.0. The molecule has 0 aliphatic carbocycles. The lowest BCUT2D eigenvalue weighted by Crippen LogP contribution is -2.36. The maximum atomic E-state index is 13.0. The number of carbonyl (C=O) groups excluding carboxylic acids is 1. The highest BCUT2D eigenvalue weighted by Gasteiger charge is 2.23. The van der Waals surface area contributed by atoms with Crippen molar-refractivity contribution in [3.63, 3.8) is 0 Å². The van der Waals surface area contributed by atoms with E-state index in [0.717, 1.165) is 10.2 Å². The second kappa shape index (κ2) is 8.83. The van der Waals surface area contributed by atoms with E-state index < -0.39 is 10.8 Å². The van der Waals surface area contributed by atoms with Gasteiger partial charge in [-0.25, -0.2) is 0 Å². The Labute approximate surface area is 192 Å². The molecular weight excluding hydrogens is 448 g/mol. The minimum atomic E-state index is -0.530. The Morgan fingerprint density at radius 1 is 1.12 bits per heavy atom. The number of hydrogen-bond donors (Lipinski definition) is 0. The molecule has 0 atom stereocenters. The van der Waals surface area contributed by atoms with Crippen molar-refractivity contribution in [2.45, 2.75) is 13.5 Å². The number of nitro groups is 1. The summed E-state index contributed by atoms with van der Waals surface area (Å²) < 4.78 is 19.5. The smallest absolute Gasteiger partial charge is 0.293 e. The zero-order valence-electron chi connectivity index (χ0n) is 18.0. The van der Waals surface area contributed by atoms with Crippen molar-refractivity contribution in [2.24, 2.45) is 4.99 Å². The first kappa shape index (κ1) is 21.4. The number of morpholine rings is 1. The summed E-state index contributed by atoms with van der Waals surface area (Å²) in [5, 5.41) is 11.7. The van der Waals surface area contributed by atoms with Crippen LogP contribution in [0.5, 0.6) is 11.5 Å². The first-order valence-corrected chi connectivity index (χ1v) is 11.5. The molecule has 0 saturated carbocycles. The average molecular weight is 471 g/mol. The highest BCUT2D eigenvalue weighted by atomic mass is 32.1. The molecule has 33 heavy (non-hydrogen) atoms. The van der Waals surface area contributed by atoms with Crippen molar-refractivity contribution in [3.05, 3.63) is 50.8 Å². The number of rotatable bonds is 4. The third-order valence-electron chi connectivity index (χ3n) is 5.63. The Kier molecular flexibility index (Phi) is 5.73. The third-order valence-corrected chi connectivity index (χ3v) is 6.67. The SMILES string of the molecule is CCn1c(=NC(=O)c2ccc(N3CCOCC3)c([N+](=O)[O-])c2)sc2cc3c(cc21)OCCO3. The molecule has 1 aromatic heterocycles. The van der Waals surface area contributed by atoms with Gasteiger partial charge in [0, 0.05) is 43.4 Å². The van der Waals surface area contributed by atoms with Crippen molar-refractivity contribution >= 4 is 38.8 Å². The maximum Gasteiger partial charge on any atom is 0.293 e. The standard InChI is InChI=1S/C22H22N4O6S/c1-2-25-17-12-18-19(32-10-9-31-18)13-20(17)33-22(25)23-21(27)14-3-4-15(16(11-14)26(28)29)24-5-7-30-8-6-24/h3-4,11-13H,2,5-10H2,1H3. The van der Waals surface area contributed by atoms with Crippen molar-refractivity contribution in [1.29, 1.82) is 0 Å². The molecule has 10 nitrogen and oxygen atoms in total. The third kappa shape index (κ3) is 4.05. The lowest BCUT2D eigenvalue weighted by atomic mass is 10.1. The first-order chi connectivity index (χ1) is 16.0. The van der Waals surface area contributed by atoms with Crippen LogP contribution in [0.15, 0.2) is 35.3 Å². The second-order valence-electron chi connectivity index (χ2n) is 7.57. The highest BCUT2D eigenvalue weighted by molar-refractivity contribution is 7.16. The van der Waals surface area contributed by atoms with E-state index >= 15 is 0 Å². The van der Waals surface area contributed by atoms with Gasteiger partial charge in [-0.3, -0.25) is 14.9 Å². The van der Waals surface area contributed by atoms with Crippen LogP contribution in [-0.2, 0) is 11.3 Å². The molecule has 2 aliphatic rings. The van der Waals surface area contributed by atoms with Crippen LogP contribution in [0.3, 0.4) is 0 Å². The molecule has 172 valence electrons.